The Morgan fingerprint density at radius 3 is 3.05 bits per heavy atom. The zero-order valence-electron chi connectivity index (χ0n) is 12.8. The second kappa shape index (κ2) is 6.44. The SMILES string of the molecule is COC[C@H]1[C@H](NC(=O)Nc2c(C)cccc2Cl)[C@H]2CCO[C@H]21. The van der Waals surface area contributed by atoms with Gasteiger partial charge in [0.1, 0.15) is 0 Å². The molecule has 0 unspecified atom stereocenters. The van der Waals surface area contributed by atoms with E-state index in [-0.39, 0.29) is 24.1 Å². The van der Waals surface area contributed by atoms with Crippen molar-refractivity contribution in [3.63, 3.8) is 0 Å². The van der Waals surface area contributed by atoms with Crippen molar-refractivity contribution in [1.82, 2.24) is 5.32 Å². The van der Waals surface area contributed by atoms with Gasteiger partial charge < -0.3 is 20.1 Å². The quantitative estimate of drug-likeness (QED) is 0.895. The predicted molar refractivity (Wildman–Crippen MR) is 85.3 cm³/mol. The van der Waals surface area contributed by atoms with Crippen molar-refractivity contribution in [2.75, 3.05) is 25.6 Å². The molecular formula is C16H21ClN2O3. The van der Waals surface area contributed by atoms with Crippen LogP contribution in [0.25, 0.3) is 0 Å². The van der Waals surface area contributed by atoms with Crippen molar-refractivity contribution in [2.45, 2.75) is 25.5 Å². The number of amides is 2. The molecule has 3 rings (SSSR count). The third-order valence-corrected chi connectivity index (χ3v) is 4.96. The number of ether oxygens (including phenoxy) is 2. The van der Waals surface area contributed by atoms with Gasteiger partial charge in [-0.3, -0.25) is 0 Å². The van der Waals surface area contributed by atoms with E-state index in [1.807, 2.05) is 19.1 Å². The lowest BCUT2D eigenvalue weighted by molar-refractivity contribution is -0.0798. The van der Waals surface area contributed by atoms with Crippen LogP contribution < -0.4 is 10.6 Å². The maximum atomic E-state index is 12.3. The number of aryl methyl sites for hydroxylation is 1. The van der Waals surface area contributed by atoms with Gasteiger partial charge in [0, 0.05) is 31.6 Å². The number of fused-ring (bicyclic) bond motifs is 1. The lowest BCUT2D eigenvalue weighted by Gasteiger charge is -2.47. The third-order valence-electron chi connectivity index (χ3n) is 4.65. The van der Waals surface area contributed by atoms with Gasteiger partial charge in [-0.25, -0.2) is 4.79 Å². The topological polar surface area (TPSA) is 59.6 Å². The molecule has 4 atom stereocenters. The first-order valence-electron chi connectivity index (χ1n) is 7.55. The number of rotatable bonds is 4. The van der Waals surface area contributed by atoms with Crippen LogP contribution in [0.3, 0.4) is 0 Å². The molecule has 120 valence electrons. The first-order chi connectivity index (χ1) is 10.6. The van der Waals surface area contributed by atoms with E-state index in [2.05, 4.69) is 10.6 Å². The van der Waals surface area contributed by atoms with Gasteiger partial charge in [-0.05, 0) is 25.0 Å². The van der Waals surface area contributed by atoms with E-state index < -0.39 is 0 Å². The standard InChI is InChI=1S/C16H21ClN2O3/c1-9-4-3-5-12(17)13(9)18-16(20)19-14-10-6-7-22-15(10)11(14)8-21-2/h3-5,10-11,14-15H,6-8H2,1-2H3,(H2,18,19,20)/t10-,11+,14-,15-/m1/s1. The highest BCUT2D eigenvalue weighted by Gasteiger charge is 2.54. The molecule has 5 nitrogen and oxygen atoms in total. The molecule has 1 aromatic carbocycles. The summed E-state index contributed by atoms with van der Waals surface area (Å²) in [7, 11) is 1.67. The Kier molecular flexibility index (Phi) is 4.57. The molecule has 22 heavy (non-hydrogen) atoms. The number of benzene rings is 1. The van der Waals surface area contributed by atoms with Gasteiger partial charge in [-0.15, -0.1) is 0 Å². The highest BCUT2D eigenvalue weighted by molar-refractivity contribution is 6.33. The maximum absolute atomic E-state index is 12.3. The Morgan fingerprint density at radius 1 is 1.50 bits per heavy atom. The number of hydrogen-bond donors (Lipinski definition) is 2. The molecule has 0 aromatic heterocycles. The van der Waals surface area contributed by atoms with Gasteiger partial charge in [-0.2, -0.15) is 0 Å². The van der Waals surface area contributed by atoms with Crippen LogP contribution in [0.15, 0.2) is 18.2 Å². The van der Waals surface area contributed by atoms with Gasteiger partial charge in [0.25, 0.3) is 0 Å². The molecular weight excluding hydrogens is 304 g/mol. The number of hydrogen-bond acceptors (Lipinski definition) is 3. The summed E-state index contributed by atoms with van der Waals surface area (Å²) in [5, 5.41) is 6.45. The number of halogens is 1. The lowest BCUT2D eigenvalue weighted by Crippen LogP contribution is -2.63. The molecule has 2 fully saturated rings. The van der Waals surface area contributed by atoms with E-state index in [0.29, 0.717) is 23.2 Å². The molecule has 2 amide bonds. The van der Waals surface area contributed by atoms with Crippen LogP contribution >= 0.6 is 11.6 Å². The molecule has 0 radical (unpaired) electrons. The number of nitrogens with one attached hydrogen (secondary N) is 2. The molecule has 1 aromatic rings. The van der Waals surface area contributed by atoms with Gasteiger partial charge in [-0.1, -0.05) is 23.7 Å². The van der Waals surface area contributed by atoms with E-state index in [1.54, 1.807) is 13.2 Å². The minimum atomic E-state index is -0.229. The monoisotopic (exact) mass is 324 g/mol. The molecule has 1 aliphatic carbocycles. The summed E-state index contributed by atoms with van der Waals surface area (Å²) < 4.78 is 11.0. The Morgan fingerprint density at radius 2 is 2.32 bits per heavy atom. The van der Waals surface area contributed by atoms with Gasteiger partial charge in [0.2, 0.25) is 0 Å². The van der Waals surface area contributed by atoms with E-state index in [9.17, 15) is 4.79 Å². The van der Waals surface area contributed by atoms with Crippen molar-refractivity contribution >= 4 is 23.3 Å². The molecule has 1 heterocycles. The molecule has 0 spiro atoms. The molecule has 2 aliphatic rings. The van der Waals surface area contributed by atoms with Crippen LogP contribution in [0.5, 0.6) is 0 Å². The van der Waals surface area contributed by atoms with Gasteiger partial charge >= 0.3 is 6.03 Å². The van der Waals surface area contributed by atoms with Crippen LogP contribution in [0, 0.1) is 18.8 Å². The van der Waals surface area contributed by atoms with Crippen LogP contribution in [-0.4, -0.2) is 38.5 Å². The molecule has 1 saturated carbocycles. The van der Waals surface area contributed by atoms with E-state index in [4.69, 9.17) is 21.1 Å². The molecule has 2 N–H and O–H groups in total. The predicted octanol–water partition coefficient (Wildman–Crippen LogP) is 2.82. The molecule has 6 heteroatoms. The Labute approximate surface area is 135 Å². The fourth-order valence-corrected chi connectivity index (χ4v) is 3.79. The van der Waals surface area contributed by atoms with E-state index >= 15 is 0 Å². The summed E-state index contributed by atoms with van der Waals surface area (Å²) in [5.74, 6) is 0.605. The molecule has 0 bridgehead atoms. The van der Waals surface area contributed by atoms with Crippen LogP contribution in [0.1, 0.15) is 12.0 Å². The van der Waals surface area contributed by atoms with Crippen molar-refractivity contribution in [1.29, 1.82) is 0 Å². The average molecular weight is 325 g/mol. The summed E-state index contributed by atoms with van der Waals surface area (Å²) in [5.41, 5.74) is 1.59. The first-order valence-corrected chi connectivity index (χ1v) is 7.92. The van der Waals surface area contributed by atoms with Crippen molar-refractivity contribution in [2.24, 2.45) is 11.8 Å². The normalized spacial score (nSPS) is 29.6. The molecule has 1 aliphatic heterocycles. The van der Waals surface area contributed by atoms with Crippen LogP contribution in [0.4, 0.5) is 10.5 Å². The number of methoxy groups -OCH3 is 1. The molecule has 1 saturated heterocycles. The van der Waals surface area contributed by atoms with Crippen molar-refractivity contribution < 1.29 is 14.3 Å². The smallest absolute Gasteiger partial charge is 0.319 e. The number of urea groups is 1. The fraction of sp³-hybridized carbons (Fsp3) is 0.562. The van der Waals surface area contributed by atoms with Crippen LogP contribution in [0.2, 0.25) is 5.02 Å². The highest BCUT2D eigenvalue weighted by atomic mass is 35.5. The third kappa shape index (κ3) is 2.81. The second-order valence-corrected chi connectivity index (χ2v) is 6.37. The van der Waals surface area contributed by atoms with Gasteiger partial charge in [0.15, 0.2) is 0 Å². The van der Waals surface area contributed by atoms with Crippen LogP contribution in [-0.2, 0) is 9.47 Å². The Balaban J connectivity index is 1.64. The summed E-state index contributed by atoms with van der Waals surface area (Å²) in [6.07, 6.45) is 1.20. The van der Waals surface area contributed by atoms with Crippen molar-refractivity contribution in [3.05, 3.63) is 28.8 Å². The zero-order valence-corrected chi connectivity index (χ0v) is 13.5. The number of carbonyl (C=O) groups is 1. The number of anilines is 1. The van der Waals surface area contributed by atoms with Gasteiger partial charge in [0.05, 0.1) is 23.4 Å². The lowest BCUT2D eigenvalue weighted by atomic mass is 9.67. The summed E-state index contributed by atoms with van der Waals surface area (Å²) in [6, 6.07) is 5.41. The minimum absolute atomic E-state index is 0.0928. The van der Waals surface area contributed by atoms with Crippen molar-refractivity contribution in [3.8, 4) is 0 Å². The number of carbonyl (C=O) groups excluding carboxylic acids is 1. The summed E-state index contributed by atoms with van der Waals surface area (Å²) in [6.45, 7) is 3.27. The Hall–Kier alpha value is -1.30. The largest absolute Gasteiger partial charge is 0.384 e. The maximum Gasteiger partial charge on any atom is 0.319 e. The fourth-order valence-electron chi connectivity index (χ4n) is 3.53. The van der Waals surface area contributed by atoms with E-state index in [1.165, 1.54) is 0 Å². The Bertz CT molecular complexity index is 546. The number of para-hydroxylation sites is 1. The average Bonchev–Trinajstić information content (AvgIpc) is 2.91. The highest BCUT2D eigenvalue weighted by Crippen LogP contribution is 2.43. The zero-order chi connectivity index (χ0) is 15.7. The summed E-state index contributed by atoms with van der Waals surface area (Å²) >= 11 is 6.14. The summed E-state index contributed by atoms with van der Waals surface area (Å²) in [4.78, 5) is 12.3. The second-order valence-electron chi connectivity index (χ2n) is 5.96. The minimum Gasteiger partial charge on any atom is -0.384 e. The van der Waals surface area contributed by atoms with E-state index in [0.717, 1.165) is 18.6 Å². The first kappa shape index (κ1) is 15.6.